The number of H-pyrrole nitrogens is 1. The minimum Gasteiger partial charge on any atom is -0.480 e. The molecule has 1 amide bonds. The Labute approximate surface area is 200 Å². The summed E-state index contributed by atoms with van der Waals surface area (Å²) >= 11 is 1.86. The van der Waals surface area contributed by atoms with E-state index in [2.05, 4.69) is 28.5 Å². The zero-order valence-corrected chi connectivity index (χ0v) is 20.4. The van der Waals surface area contributed by atoms with Crippen molar-refractivity contribution in [3.8, 4) is 11.1 Å². The first-order valence-corrected chi connectivity index (χ1v) is 13.0. The van der Waals surface area contributed by atoms with Gasteiger partial charge in [0.05, 0.1) is 24.3 Å². The maximum Gasteiger partial charge on any atom is 0.322 e. The van der Waals surface area contributed by atoms with Gasteiger partial charge in [-0.15, -0.1) is 0 Å². The highest BCUT2D eigenvalue weighted by Gasteiger charge is 2.18. The van der Waals surface area contributed by atoms with Gasteiger partial charge in [-0.3, -0.25) is 13.9 Å². The number of carbonyl (C=O) groups is 2. The summed E-state index contributed by atoms with van der Waals surface area (Å²) in [5, 5.41) is 11.2. The Kier molecular flexibility index (Phi) is 10.6. The summed E-state index contributed by atoms with van der Waals surface area (Å²) in [7, 11) is -1.32. The minimum absolute atomic E-state index is 0.338. The number of carboxylic acids is 1. The van der Waals surface area contributed by atoms with Gasteiger partial charge in [0.15, 0.2) is 0 Å². The van der Waals surface area contributed by atoms with Crippen LogP contribution in [-0.2, 0) is 22.3 Å². The number of hydrogen-bond donors (Lipinski definition) is 3. The molecule has 0 saturated heterocycles. The van der Waals surface area contributed by atoms with Crippen molar-refractivity contribution in [2.45, 2.75) is 13.5 Å². The normalized spacial score (nSPS) is 11.1. The summed E-state index contributed by atoms with van der Waals surface area (Å²) in [6.07, 6.45) is 6.88. The number of rotatable bonds is 9. The number of aromatic amines is 1. The molecule has 0 fully saturated rings. The second-order valence-corrected chi connectivity index (χ2v) is 9.23. The second-order valence-electron chi connectivity index (χ2n) is 6.79. The molecule has 1 heterocycles. The van der Waals surface area contributed by atoms with E-state index in [-0.39, 0.29) is 0 Å². The first-order chi connectivity index (χ1) is 15.9. The van der Waals surface area contributed by atoms with Crippen molar-refractivity contribution in [2.24, 2.45) is 0 Å². The van der Waals surface area contributed by atoms with Gasteiger partial charge in [-0.1, -0.05) is 37.3 Å². The number of amides is 1. The maximum atomic E-state index is 12.6. The zero-order chi connectivity index (χ0) is 24.2. The number of aliphatic carboxylic acids is 1. The van der Waals surface area contributed by atoms with Crippen molar-refractivity contribution in [3.63, 3.8) is 0 Å². The third kappa shape index (κ3) is 8.07. The summed E-state index contributed by atoms with van der Waals surface area (Å²) in [5.74, 6) is -0.376. The molecule has 0 aliphatic rings. The number of thioether (sulfide) groups is 1. The van der Waals surface area contributed by atoms with Crippen LogP contribution >= 0.6 is 11.8 Å². The lowest BCUT2D eigenvalue weighted by Gasteiger charge is -2.22. The molecular weight excluding hydrogens is 460 g/mol. The van der Waals surface area contributed by atoms with Crippen LogP contribution in [0.15, 0.2) is 61.1 Å². The van der Waals surface area contributed by atoms with E-state index in [1.807, 2.05) is 42.1 Å². The number of carboxylic acid groups (broad SMARTS) is 1. The minimum atomic E-state index is -1.32. The Hall–Kier alpha value is -3.11. The van der Waals surface area contributed by atoms with Crippen molar-refractivity contribution in [3.05, 3.63) is 72.3 Å². The van der Waals surface area contributed by atoms with Crippen LogP contribution in [0.2, 0.25) is 0 Å². The molecule has 0 aliphatic heterocycles. The number of carbonyl (C=O) groups excluding carboxylic acids is 1. The monoisotopic (exact) mass is 488 g/mol. The molecule has 10 heteroatoms. The number of benzene rings is 2. The van der Waals surface area contributed by atoms with Crippen molar-refractivity contribution in [1.29, 1.82) is 0 Å². The Bertz CT molecular complexity index is 1060. The Balaban J connectivity index is 0.000000890. The van der Waals surface area contributed by atoms with Gasteiger partial charge in [0.2, 0.25) is 0 Å². The van der Waals surface area contributed by atoms with Crippen molar-refractivity contribution in [2.75, 3.05) is 29.1 Å². The average Bonchev–Trinajstić information content (AvgIpc) is 3.34. The van der Waals surface area contributed by atoms with Crippen LogP contribution in [0.4, 0.5) is 5.69 Å². The molecule has 8 nitrogen and oxygen atoms in total. The summed E-state index contributed by atoms with van der Waals surface area (Å²) in [4.78, 5) is 30.3. The number of imidazole rings is 1. The predicted octanol–water partition coefficient (Wildman–Crippen LogP) is 3.56. The lowest BCUT2D eigenvalue weighted by Crippen LogP contribution is -2.30. The molecule has 3 rings (SSSR count). The highest BCUT2D eigenvalue weighted by molar-refractivity contribution is 7.98. The molecule has 33 heavy (non-hydrogen) atoms. The van der Waals surface area contributed by atoms with Gasteiger partial charge >= 0.3 is 5.97 Å². The Morgan fingerprint density at radius 1 is 1.21 bits per heavy atom. The first-order valence-electron chi connectivity index (χ1n) is 10.1. The van der Waals surface area contributed by atoms with Crippen LogP contribution in [0.25, 0.3) is 11.1 Å². The third-order valence-electron chi connectivity index (χ3n) is 4.49. The van der Waals surface area contributed by atoms with E-state index in [1.165, 1.54) is 5.75 Å². The molecule has 1 aromatic heterocycles. The molecule has 0 saturated carbocycles. The summed E-state index contributed by atoms with van der Waals surface area (Å²) in [5.41, 5.74) is 3.20. The molecule has 0 spiro atoms. The summed E-state index contributed by atoms with van der Waals surface area (Å²) in [6, 6.07) is 14.4. The molecule has 3 N–H and O–H groups in total. The lowest BCUT2D eigenvalue weighted by molar-refractivity contribution is -0.135. The third-order valence-corrected chi connectivity index (χ3v) is 6.03. The van der Waals surface area contributed by atoms with Gasteiger partial charge in [-0.25, -0.2) is 9.19 Å². The van der Waals surface area contributed by atoms with E-state index < -0.39 is 29.4 Å². The highest BCUT2D eigenvalue weighted by Crippen LogP contribution is 2.30. The van der Waals surface area contributed by atoms with Crippen molar-refractivity contribution >= 4 is 40.3 Å². The van der Waals surface area contributed by atoms with E-state index >= 15 is 0 Å². The second kappa shape index (κ2) is 13.4. The molecule has 2 aromatic carbocycles. The molecule has 0 aliphatic carbocycles. The molecule has 3 aromatic rings. The smallest absolute Gasteiger partial charge is 0.322 e. The number of anilines is 1. The number of aromatic nitrogens is 2. The molecular formula is C23H28N4O4S2. The van der Waals surface area contributed by atoms with Gasteiger partial charge < -0.3 is 15.4 Å². The fourth-order valence-electron chi connectivity index (χ4n) is 2.85. The number of hydrogen-bond acceptors (Lipinski definition) is 5. The summed E-state index contributed by atoms with van der Waals surface area (Å²) in [6.45, 7) is 2.02. The van der Waals surface area contributed by atoms with Crippen molar-refractivity contribution in [1.82, 2.24) is 15.3 Å². The fourth-order valence-corrected chi connectivity index (χ4v) is 3.58. The SMILES string of the molecule is CCSC.CS(=O)N(Cc1cnc[nH]1)c1ccc(C(=O)NCC(=O)O)c(-c2ccccc2)c1. The Morgan fingerprint density at radius 2 is 1.91 bits per heavy atom. The van der Waals surface area contributed by atoms with Gasteiger partial charge in [0.25, 0.3) is 5.91 Å². The predicted molar refractivity (Wildman–Crippen MR) is 135 cm³/mol. The quantitative estimate of drug-likeness (QED) is 0.424. The molecule has 176 valence electrons. The van der Waals surface area contributed by atoms with Crippen LogP contribution in [0.5, 0.6) is 0 Å². The average molecular weight is 489 g/mol. The number of nitrogens with zero attached hydrogens (tertiary/aromatic N) is 2. The summed E-state index contributed by atoms with van der Waals surface area (Å²) < 4.78 is 14.1. The van der Waals surface area contributed by atoms with E-state index in [0.717, 1.165) is 11.3 Å². The van der Waals surface area contributed by atoms with Crippen LogP contribution in [0.1, 0.15) is 23.0 Å². The molecule has 0 bridgehead atoms. The van der Waals surface area contributed by atoms with Gasteiger partial charge in [-0.05, 0) is 41.3 Å². The number of nitrogens with one attached hydrogen (secondary N) is 2. The van der Waals surface area contributed by atoms with E-state index in [1.54, 1.807) is 41.3 Å². The first kappa shape index (κ1) is 26.1. The maximum absolute atomic E-state index is 12.6. The van der Waals surface area contributed by atoms with Crippen LogP contribution < -0.4 is 9.62 Å². The standard InChI is InChI=1S/C20H20N4O4S.C3H8S/c1-29(28)24(12-15-10-21-13-23-15)16-7-8-17(20(27)22-11-19(25)26)18(9-16)14-5-3-2-4-6-14;1-3-4-2/h2-10,13H,11-12H2,1H3,(H,21,23)(H,22,27)(H,25,26);3H2,1-2H3. The van der Waals surface area contributed by atoms with E-state index in [9.17, 15) is 13.8 Å². The van der Waals surface area contributed by atoms with Gasteiger partial charge in [0.1, 0.15) is 17.5 Å². The fraction of sp³-hybridized carbons (Fsp3) is 0.261. The van der Waals surface area contributed by atoms with Crippen molar-refractivity contribution < 1.29 is 18.9 Å². The molecule has 1 unspecified atom stereocenters. The van der Waals surface area contributed by atoms with E-state index in [4.69, 9.17) is 5.11 Å². The van der Waals surface area contributed by atoms with Crippen LogP contribution in [-0.4, -0.2) is 56.0 Å². The lowest BCUT2D eigenvalue weighted by atomic mass is 9.98. The topological polar surface area (TPSA) is 115 Å². The Morgan fingerprint density at radius 3 is 2.45 bits per heavy atom. The zero-order valence-electron chi connectivity index (χ0n) is 18.8. The molecule has 0 radical (unpaired) electrons. The van der Waals surface area contributed by atoms with E-state index in [0.29, 0.717) is 23.4 Å². The largest absolute Gasteiger partial charge is 0.480 e. The highest BCUT2D eigenvalue weighted by atomic mass is 32.2. The van der Waals surface area contributed by atoms with Crippen LogP contribution in [0, 0.1) is 0 Å². The van der Waals surface area contributed by atoms with Gasteiger partial charge in [0, 0.05) is 18.0 Å². The van der Waals surface area contributed by atoms with Crippen LogP contribution in [0.3, 0.4) is 0 Å². The van der Waals surface area contributed by atoms with Gasteiger partial charge in [-0.2, -0.15) is 11.8 Å². The molecule has 1 atom stereocenters.